The first kappa shape index (κ1) is 12.7. The number of hydrogen-bond acceptors (Lipinski definition) is 4. The molecule has 2 rings (SSSR count). The summed E-state index contributed by atoms with van der Waals surface area (Å²) in [4.78, 5) is 0. The molecule has 0 saturated heterocycles. The fourth-order valence-corrected chi connectivity index (χ4v) is 1.80. The van der Waals surface area contributed by atoms with Crippen molar-refractivity contribution in [3.63, 3.8) is 0 Å². The van der Waals surface area contributed by atoms with E-state index in [4.69, 9.17) is 10.5 Å². The Balaban J connectivity index is 2.21. The molecule has 0 amide bonds. The van der Waals surface area contributed by atoms with Crippen LogP contribution < -0.4 is 5.73 Å². The molecule has 2 aromatic rings. The lowest BCUT2D eigenvalue weighted by Crippen LogP contribution is -2.31. The Morgan fingerprint density at radius 3 is 2.61 bits per heavy atom. The molecule has 0 fully saturated rings. The molecular weight excluding hydrogens is 235 g/mol. The van der Waals surface area contributed by atoms with Crippen LogP contribution in [0.15, 0.2) is 36.7 Å². The van der Waals surface area contributed by atoms with E-state index in [9.17, 15) is 4.39 Å². The molecule has 0 saturated carbocycles. The van der Waals surface area contributed by atoms with Crippen LogP contribution in [-0.4, -0.2) is 34.8 Å². The third-order valence-corrected chi connectivity index (χ3v) is 2.73. The van der Waals surface area contributed by atoms with Crippen LogP contribution in [-0.2, 0) is 4.74 Å². The summed E-state index contributed by atoms with van der Waals surface area (Å²) in [6.45, 7) is -0.622. The van der Waals surface area contributed by atoms with Crippen LogP contribution in [0, 0.1) is 0 Å². The Morgan fingerprint density at radius 1 is 1.39 bits per heavy atom. The van der Waals surface area contributed by atoms with Crippen molar-refractivity contribution in [3.05, 3.63) is 42.2 Å². The molecular formula is C12H15FN4O. The number of nitrogens with zero attached hydrogens (tertiary/aromatic N) is 3. The van der Waals surface area contributed by atoms with Gasteiger partial charge in [-0.1, -0.05) is 17.3 Å². The van der Waals surface area contributed by atoms with Gasteiger partial charge in [-0.15, -0.1) is 5.10 Å². The zero-order valence-electron chi connectivity index (χ0n) is 10.0. The summed E-state index contributed by atoms with van der Waals surface area (Å²) in [5, 5.41) is 7.62. The quantitative estimate of drug-likeness (QED) is 0.867. The number of aromatic nitrogens is 3. The normalized spacial score (nSPS) is 14.4. The zero-order valence-corrected chi connectivity index (χ0v) is 10.0. The van der Waals surface area contributed by atoms with Crippen LogP contribution in [0.2, 0.25) is 0 Å². The van der Waals surface area contributed by atoms with E-state index in [2.05, 4.69) is 10.3 Å². The number of rotatable bonds is 5. The molecule has 2 atom stereocenters. The average molecular weight is 250 g/mol. The molecule has 1 aromatic heterocycles. The van der Waals surface area contributed by atoms with Gasteiger partial charge in [-0.25, -0.2) is 9.07 Å². The van der Waals surface area contributed by atoms with Crippen molar-refractivity contribution >= 4 is 0 Å². The van der Waals surface area contributed by atoms with E-state index in [1.165, 1.54) is 7.11 Å². The van der Waals surface area contributed by atoms with Crippen LogP contribution in [0.5, 0.6) is 0 Å². The van der Waals surface area contributed by atoms with Crippen LogP contribution in [0.1, 0.15) is 11.7 Å². The van der Waals surface area contributed by atoms with Crippen molar-refractivity contribution in [2.75, 3.05) is 13.8 Å². The molecule has 0 aliphatic rings. The zero-order chi connectivity index (χ0) is 13.0. The number of methoxy groups -OCH3 is 1. The Morgan fingerprint density at radius 2 is 2.11 bits per heavy atom. The molecule has 1 heterocycles. The second-order valence-corrected chi connectivity index (χ2v) is 3.91. The van der Waals surface area contributed by atoms with E-state index in [-0.39, 0.29) is 0 Å². The van der Waals surface area contributed by atoms with Gasteiger partial charge >= 0.3 is 0 Å². The SMILES string of the molecule is CO[C@H](c1ccc(-n2ccnn2)cc1)[C@H](N)CF. The lowest BCUT2D eigenvalue weighted by atomic mass is 10.0. The van der Waals surface area contributed by atoms with Crippen LogP contribution >= 0.6 is 0 Å². The summed E-state index contributed by atoms with van der Waals surface area (Å²) < 4.78 is 19.4. The third kappa shape index (κ3) is 2.55. The van der Waals surface area contributed by atoms with Crippen molar-refractivity contribution in [1.29, 1.82) is 0 Å². The number of halogens is 1. The second-order valence-electron chi connectivity index (χ2n) is 3.91. The highest BCUT2D eigenvalue weighted by atomic mass is 19.1. The van der Waals surface area contributed by atoms with Gasteiger partial charge in [-0.05, 0) is 17.7 Å². The van der Waals surface area contributed by atoms with Crippen molar-refractivity contribution in [2.45, 2.75) is 12.1 Å². The minimum absolute atomic E-state index is 0.445. The topological polar surface area (TPSA) is 66.0 Å². The van der Waals surface area contributed by atoms with Gasteiger partial charge in [0.1, 0.15) is 6.67 Å². The van der Waals surface area contributed by atoms with Gasteiger partial charge in [0.25, 0.3) is 0 Å². The first-order chi connectivity index (χ1) is 8.76. The predicted molar refractivity (Wildman–Crippen MR) is 65.1 cm³/mol. The van der Waals surface area contributed by atoms with Crippen LogP contribution in [0.4, 0.5) is 4.39 Å². The molecule has 18 heavy (non-hydrogen) atoms. The van der Waals surface area contributed by atoms with E-state index in [0.717, 1.165) is 11.3 Å². The van der Waals surface area contributed by atoms with Gasteiger partial charge in [0.15, 0.2) is 0 Å². The number of ether oxygens (including phenoxy) is 1. The van der Waals surface area contributed by atoms with E-state index >= 15 is 0 Å². The van der Waals surface area contributed by atoms with Gasteiger partial charge in [0.05, 0.1) is 30.2 Å². The van der Waals surface area contributed by atoms with Crippen LogP contribution in [0.25, 0.3) is 5.69 Å². The summed E-state index contributed by atoms with van der Waals surface area (Å²) in [6.07, 6.45) is 2.90. The second kappa shape index (κ2) is 5.70. The maximum Gasteiger partial charge on any atom is 0.107 e. The number of nitrogens with two attached hydrogens (primary N) is 1. The number of alkyl halides is 1. The fraction of sp³-hybridized carbons (Fsp3) is 0.333. The monoisotopic (exact) mass is 250 g/mol. The van der Waals surface area contributed by atoms with E-state index in [1.807, 2.05) is 24.3 Å². The largest absolute Gasteiger partial charge is 0.375 e. The molecule has 0 unspecified atom stereocenters. The third-order valence-electron chi connectivity index (χ3n) is 2.73. The number of benzene rings is 1. The Hall–Kier alpha value is -1.79. The van der Waals surface area contributed by atoms with Crippen LogP contribution in [0.3, 0.4) is 0 Å². The minimum Gasteiger partial charge on any atom is -0.375 e. The van der Waals surface area contributed by atoms with Gasteiger partial charge in [-0.3, -0.25) is 0 Å². The highest BCUT2D eigenvalue weighted by Crippen LogP contribution is 2.21. The first-order valence-corrected chi connectivity index (χ1v) is 5.57. The smallest absolute Gasteiger partial charge is 0.107 e. The standard InChI is InChI=1S/C12H15FN4O/c1-18-12(11(14)8-13)9-2-4-10(5-3-9)17-7-6-15-16-17/h2-7,11-12H,8,14H2,1H3/t11-,12-/m1/s1. The lowest BCUT2D eigenvalue weighted by Gasteiger charge is -2.20. The molecule has 6 heteroatoms. The van der Waals surface area contributed by atoms with E-state index < -0.39 is 18.8 Å². The van der Waals surface area contributed by atoms with Crippen molar-refractivity contribution < 1.29 is 9.13 Å². The summed E-state index contributed by atoms with van der Waals surface area (Å²) in [5.74, 6) is 0. The van der Waals surface area contributed by atoms with E-state index in [1.54, 1.807) is 17.1 Å². The summed E-state index contributed by atoms with van der Waals surface area (Å²) in [7, 11) is 1.52. The van der Waals surface area contributed by atoms with E-state index in [0.29, 0.717) is 0 Å². The molecule has 0 bridgehead atoms. The molecule has 0 aliphatic heterocycles. The van der Waals surface area contributed by atoms with Crippen molar-refractivity contribution in [3.8, 4) is 5.69 Å². The molecule has 96 valence electrons. The Labute approximate surface area is 104 Å². The van der Waals surface area contributed by atoms with Gasteiger partial charge < -0.3 is 10.5 Å². The van der Waals surface area contributed by atoms with Crippen molar-refractivity contribution in [2.24, 2.45) is 5.73 Å². The molecule has 0 radical (unpaired) electrons. The first-order valence-electron chi connectivity index (χ1n) is 5.57. The molecule has 2 N–H and O–H groups in total. The maximum absolute atomic E-state index is 12.6. The minimum atomic E-state index is -0.660. The summed E-state index contributed by atoms with van der Waals surface area (Å²) >= 11 is 0. The summed E-state index contributed by atoms with van der Waals surface area (Å²) in [6, 6.07) is 6.76. The Bertz CT molecular complexity index is 471. The van der Waals surface area contributed by atoms with Gasteiger partial charge in [-0.2, -0.15) is 0 Å². The molecule has 0 aliphatic carbocycles. The average Bonchev–Trinajstić information content (AvgIpc) is 2.94. The maximum atomic E-state index is 12.6. The molecule has 5 nitrogen and oxygen atoms in total. The summed E-state index contributed by atoms with van der Waals surface area (Å²) in [5.41, 5.74) is 7.38. The number of hydrogen-bond donors (Lipinski definition) is 1. The van der Waals surface area contributed by atoms with Crippen molar-refractivity contribution in [1.82, 2.24) is 15.0 Å². The fourth-order valence-electron chi connectivity index (χ4n) is 1.80. The molecule has 0 spiro atoms. The highest BCUT2D eigenvalue weighted by molar-refractivity contribution is 5.34. The Kier molecular flexibility index (Phi) is 4.01. The lowest BCUT2D eigenvalue weighted by molar-refractivity contribution is 0.0721. The van der Waals surface area contributed by atoms with Gasteiger partial charge in [0, 0.05) is 7.11 Å². The molecule has 1 aromatic carbocycles. The highest BCUT2D eigenvalue weighted by Gasteiger charge is 2.19. The van der Waals surface area contributed by atoms with Gasteiger partial charge in [0.2, 0.25) is 0 Å². The predicted octanol–water partition coefficient (Wildman–Crippen LogP) is 1.25.